The normalized spacial score (nSPS) is 11.1. The third kappa shape index (κ3) is 4.37. The molecule has 0 aromatic heterocycles. The van der Waals surface area contributed by atoms with E-state index in [0.717, 1.165) is 5.75 Å². The molecule has 2 aromatic carbocycles. The zero-order valence-electron chi connectivity index (χ0n) is 11.2. The molecule has 0 aliphatic carbocycles. The molecule has 112 valence electrons. The van der Waals surface area contributed by atoms with Gasteiger partial charge >= 0.3 is 0 Å². The maximum absolute atomic E-state index is 11.3. The van der Waals surface area contributed by atoms with Crippen LogP contribution in [0.15, 0.2) is 53.4 Å². The molecule has 0 unspecified atom stereocenters. The van der Waals surface area contributed by atoms with Crippen molar-refractivity contribution in [1.29, 1.82) is 0 Å². The SMILES string of the molecule is Nc1ccc(S(N)(=O)=O)cc1OCCOc1ccccc1. The minimum atomic E-state index is -3.78. The van der Waals surface area contributed by atoms with Crippen molar-refractivity contribution in [3.63, 3.8) is 0 Å². The van der Waals surface area contributed by atoms with Gasteiger partial charge in [-0.1, -0.05) is 18.2 Å². The minimum absolute atomic E-state index is 0.0457. The highest BCUT2D eigenvalue weighted by Crippen LogP contribution is 2.24. The van der Waals surface area contributed by atoms with Crippen molar-refractivity contribution in [2.45, 2.75) is 4.90 Å². The van der Waals surface area contributed by atoms with Gasteiger partial charge < -0.3 is 15.2 Å². The summed E-state index contributed by atoms with van der Waals surface area (Å²) < 4.78 is 33.4. The van der Waals surface area contributed by atoms with E-state index in [1.807, 2.05) is 30.3 Å². The van der Waals surface area contributed by atoms with Crippen molar-refractivity contribution in [2.24, 2.45) is 5.14 Å². The van der Waals surface area contributed by atoms with Gasteiger partial charge in [-0.25, -0.2) is 13.6 Å². The van der Waals surface area contributed by atoms with Crippen molar-refractivity contribution < 1.29 is 17.9 Å². The van der Waals surface area contributed by atoms with Gasteiger partial charge in [0.25, 0.3) is 0 Å². The highest BCUT2D eigenvalue weighted by Gasteiger charge is 2.11. The lowest BCUT2D eigenvalue weighted by Gasteiger charge is -2.11. The zero-order valence-corrected chi connectivity index (χ0v) is 12.0. The summed E-state index contributed by atoms with van der Waals surface area (Å²) in [7, 11) is -3.78. The number of sulfonamides is 1. The van der Waals surface area contributed by atoms with Gasteiger partial charge in [-0.15, -0.1) is 0 Å². The van der Waals surface area contributed by atoms with E-state index >= 15 is 0 Å². The van der Waals surface area contributed by atoms with Gasteiger partial charge in [-0.05, 0) is 24.3 Å². The molecule has 7 heteroatoms. The quantitative estimate of drug-likeness (QED) is 0.619. The number of anilines is 1. The number of nitrogens with two attached hydrogens (primary N) is 2. The molecule has 0 saturated heterocycles. The van der Waals surface area contributed by atoms with Gasteiger partial charge in [-0.2, -0.15) is 0 Å². The van der Waals surface area contributed by atoms with Gasteiger partial charge in [0, 0.05) is 6.07 Å². The van der Waals surface area contributed by atoms with E-state index < -0.39 is 10.0 Å². The molecule has 0 aliphatic heterocycles. The lowest BCUT2D eigenvalue weighted by atomic mass is 10.3. The summed E-state index contributed by atoms with van der Waals surface area (Å²) in [6, 6.07) is 13.3. The molecule has 0 radical (unpaired) electrons. The molecule has 0 amide bonds. The average molecular weight is 308 g/mol. The molecule has 6 nitrogen and oxygen atoms in total. The molecule has 0 atom stereocenters. The number of primary sulfonamides is 1. The van der Waals surface area contributed by atoms with Crippen molar-refractivity contribution in [2.75, 3.05) is 18.9 Å². The number of para-hydroxylation sites is 1. The standard InChI is InChI=1S/C14H16N2O4S/c15-13-7-6-12(21(16,17)18)10-14(13)20-9-8-19-11-4-2-1-3-5-11/h1-7,10H,8-9,15H2,(H2,16,17,18). The Morgan fingerprint density at radius 2 is 1.62 bits per heavy atom. The molecule has 2 aromatic rings. The van der Waals surface area contributed by atoms with E-state index in [1.54, 1.807) is 0 Å². The van der Waals surface area contributed by atoms with Crippen LogP contribution in [0.4, 0.5) is 5.69 Å². The van der Waals surface area contributed by atoms with Gasteiger partial charge in [-0.3, -0.25) is 0 Å². The van der Waals surface area contributed by atoms with Crippen LogP contribution in [-0.2, 0) is 10.0 Å². The summed E-state index contributed by atoms with van der Waals surface area (Å²) >= 11 is 0. The van der Waals surface area contributed by atoms with Crippen molar-refractivity contribution in [3.8, 4) is 11.5 Å². The highest BCUT2D eigenvalue weighted by atomic mass is 32.2. The van der Waals surface area contributed by atoms with Gasteiger partial charge in [0.05, 0.1) is 10.6 Å². The van der Waals surface area contributed by atoms with E-state index in [2.05, 4.69) is 0 Å². The highest BCUT2D eigenvalue weighted by molar-refractivity contribution is 7.89. The third-order valence-electron chi connectivity index (χ3n) is 2.67. The monoisotopic (exact) mass is 308 g/mol. The number of rotatable bonds is 6. The topological polar surface area (TPSA) is 105 Å². The lowest BCUT2D eigenvalue weighted by molar-refractivity contribution is 0.217. The third-order valence-corrected chi connectivity index (χ3v) is 3.58. The Morgan fingerprint density at radius 1 is 0.952 bits per heavy atom. The van der Waals surface area contributed by atoms with E-state index in [1.165, 1.54) is 18.2 Å². The first-order valence-electron chi connectivity index (χ1n) is 6.20. The fourth-order valence-electron chi connectivity index (χ4n) is 1.64. The molecule has 4 N–H and O–H groups in total. The van der Waals surface area contributed by atoms with Crippen molar-refractivity contribution >= 4 is 15.7 Å². The van der Waals surface area contributed by atoms with E-state index in [0.29, 0.717) is 12.3 Å². The van der Waals surface area contributed by atoms with Crippen LogP contribution in [0.25, 0.3) is 0 Å². The average Bonchev–Trinajstić information content (AvgIpc) is 2.45. The summed E-state index contributed by atoms with van der Waals surface area (Å²) in [5, 5.41) is 5.06. The van der Waals surface area contributed by atoms with Crippen molar-refractivity contribution in [3.05, 3.63) is 48.5 Å². The minimum Gasteiger partial charge on any atom is -0.490 e. The second-order valence-corrected chi connectivity index (χ2v) is 5.82. The smallest absolute Gasteiger partial charge is 0.238 e. The van der Waals surface area contributed by atoms with Crippen LogP contribution in [0.2, 0.25) is 0 Å². The Morgan fingerprint density at radius 3 is 2.29 bits per heavy atom. The van der Waals surface area contributed by atoms with Crippen LogP contribution in [0.1, 0.15) is 0 Å². The van der Waals surface area contributed by atoms with E-state index in [4.69, 9.17) is 20.3 Å². The first-order chi connectivity index (χ1) is 9.97. The summed E-state index contributed by atoms with van der Waals surface area (Å²) in [5.74, 6) is 0.991. The molecule has 0 aliphatic rings. The molecular formula is C14H16N2O4S. The fraction of sp³-hybridized carbons (Fsp3) is 0.143. The summed E-state index contributed by atoms with van der Waals surface area (Å²) in [4.78, 5) is -0.0457. The Labute approximate surface area is 123 Å². The number of hydrogen-bond donors (Lipinski definition) is 2. The molecule has 0 bridgehead atoms. The predicted octanol–water partition coefficient (Wildman–Crippen LogP) is 1.37. The lowest BCUT2D eigenvalue weighted by Crippen LogP contribution is -2.14. The van der Waals surface area contributed by atoms with Crippen molar-refractivity contribution in [1.82, 2.24) is 0 Å². The van der Waals surface area contributed by atoms with Crippen LogP contribution in [0, 0.1) is 0 Å². The molecule has 0 spiro atoms. The molecule has 0 fully saturated rings. The van der Waals surface area contributed by atoms with Crippen LogP contribution in [0.3, 0.4) is 0 Å². The van der Waals surface area contributed by atoms with E-state index in [-0.39, 0.29) is 17.3 Å². The Bertz CT molecular complexity index is 702. The predicted molar refractivity (Wildman–Crippen MR) is 79.7 cm³/mol. The van der Waals surface area contributed by atoms with Gasteiger partial charge in [0.1, 0.15) is 24.7 Å². The summed E-state index contributed by atoms with van der Waals surface area (Å²) in [5.41, 5.74) is 6.06. The van der Waals surface area contributed by atoms with Gasteiger partial charge in [0.15, 0.2) is 0 Å². The van der Waals surface area contributed by atoms with Crippen LogP contribution < -0.4 is 20.3 Å². The fourth-order valence-corrected chi connectivity index (χ4v) is 2.17. The zero-order chi connectivity index (χ0) is 15.3. The molecular weight excluding hydrogens is 292 g/mol. The Kier molecular flexibility index (Phi) is 4.66. The van der Waals surface area contributed by atoms with Crippen LogP contribution in [0.5, 0.6) is 11.5 Å². The van der Waals surface area contributed by atoms with Crippen LogP contribution in [-0.4, -0.2) is 21.6 Å². The Hall–Kier alpha value is -2.25. The van der Waals surface area contributed by atoms with E-state index in [9.17, 15) is 8.42 Å². The maximum atomic E-state index is 11.3. The maximum Gasteiger partial charge on any atom is 0.238 e. The summed E-state index contributed by atoms with van der Waals surface area (Å²) in [6.07, 6.45) is 0. The second kappa shape index (κ2) is 6.47. The molecule has 2 rings (SSSR count). The Balaban J connectivity index is 1.94. The number of benzene rings is 2. The first-order valence-corrected chi connectivity index (χ1v) is 7.74. The first kappa shape index (κ1) is 15.1. The molecule has 0 heterocycles. The van der Waals surface area contributed by atoms with Crippen LogP contribution >= 0.6 is 0 Å². The molecule has 0 saturated carbocycles. The number of nitrogen functional groups attached to an aromatic ring is 1. The second-order valence-electron chi connectivity index (χ2n) is 4.25. The molecule has 21 heavy (non-hydrogen) atoms. The number of ether oxygens (including phenoxy) is 2. The number of hydrogen-bond acceptors (Lipinski definition) is 5. The summed E-state index contributed by atoms with van der Waals surface area (Å²) in [6.45, 7) is 0.538. The largest absolute Gasteiger partial charge is 0.490 e. The van der Waals surface area contributed by atoms with Gasteiger partial charge in [0.2, 0.25) is 10.0 Å².